The van der Waals surface area contributed by atoms with Crippen molar-refractivity contribution in [2.75, 3.05) is 18.5 Å². The SMILES string of the molecule is CC1(C)OCC(Nc2cc(-n3cnnn3)ccc2Cl)CO1. The molecule has 1 N–H and O–H groups in total. The molecule has 0 unspecified atom stereocenters. The molecule has 0 spiro atoms. The van der Waals surface area contributed by atoms with Gasteiger partial charge in [0.2, 0.25) is 0 Å². The Morgan fingerprint density at radius 3 is 2.76 bits per heavy atom. The Bertz CT molecular complexity index is 607. The first-order chi connectivity index (χ1) is 10.0. The number of tetrazole rings is 1. The van der Waals surface area contributed by atoms with Gasteiger partial charge in [-0.05, 0) is 42.5 Å². The number of benzene rings is 1. The molecular formula is C13H16ClN5O2. The predicted octanol–water partition coefficient (Wildman–Crippen LogP) is 1.88. The fraction of sp³-hybridized carbons (Fsp3) is 0.462. The summed E-state index contributed by atoms with van der Waals surface area (Å²) in [6.45, 7) is 4.90. The monoisotopic (exact) mass is 309 g/mol. The van der Waals surface area contributed by atoms with Gasteiger partial charge < -0.3 is 14.8 Å². The molecule has 3 rings (SSSR count). The number of nitrogens with zero attached hydrogens (tertiary/aromatic N) is 4. The molecule has 2 heterocycles. The van der Waals surface area contributed by atoms with Crippen LogP contribution in [0.15, 0.2) is 24.5 Å². The van der Waals surface area contributed by atoms with Gasteiger partial charge in [0.15, 0.2) is 5.79 Å². The van der Waals surface area contributed by atoms with Crippen LogP contribution < -0.4 is 5.32 Å². The van der Waals surface area contributed by atoms with E-state index in [-0.39, 0.29) is 6.04 Å². The molecule has 7 nitrogen and oxygen atoms in total. The Hall–Kier alpha value is -1.70. The van der Waals surface area contributed by atoms with Crippen molar-refractivity contribution < 1.29 is 9.47 Å². The molecule has 0 aliphatic carbocycles. The van der Waals surface area contributed by atoms with Crippen molar-refractivity contribution in [3.63, 3.8) is 0 Å². The fourth-order valence-electron chi connectivity index (χ4n) is 2.04. The standard InChI is InChI=1S/C13H16ClN5O2/c1-13(2)20-6-9(7-21-13)16-12-5-10(3-4-11(12)14)19-8-15-17-18-19/h3-5,8-9,16H,6-7H2,1-2H3. The van der Waals surface area contributed by atoms with Gasteiger partial charge in [-0.25, -0.2) is 4.68 Å². The minimum atomic E-state index is -0.532. The molecule has 8 heteroatoms. The maximum atomic E-state index is 6.23. The summed E-state index contributed by atoms with van der Waals surface area (Å²) < 4.78 is 12.8. The van der Waals surface area contributed by atoms with Crippen LogP contribution in [0.25, 0.3) is 5.69 Å². The summed E-state index contributed by atoms with van der Waals surface area (Å²) in [6, 6.07) is 5.58. The molecule has 2 aromatic rings. The Kier molecular flexibility index (Phi) is 3.79. The van der Waals surface area contributed by atoms with Crippen molar-refractivity contribution in [2.45, 2.75) is 25.7 Å². The van der Waals surface area contributed by atoms with E-state index in [0.717, 1.165) is 11.4 Å². The second-order valence-corrected chi connectivity index (χ2v) is 5.69. The molecule has 1 aliphatic heterocycles. The molecule has 0 atom stereocenters. The molecule has 0 radical (unpaired) electrons. The van der Waals surface area contributed by atoms with Crippen LogP contribution in [0.2, 0.25) is 5.02 Å². The van der Waals surface area contributed by atoms with Crippen LogP contribution in [0.1, 0.15) is 13.8 Å². The smallest absolute Gasteiger partial charge is 0.162 e. The first-order valence-electron chi connectivity index (χ1n) is 6.61. The summed E-state index contributed by atoms with van der Waals surface area (Å²) >= 11 is 6.23. The van der Waals surface area contributed by atoms with E-state index in [1.807, 2.05) is 26.0 Å². The third-order valence-corrected chi connectivity index (χ3v) is 3.52. The van der Waals surface area contributed by atoms with Gasteiger partial charge in [0, 0.05) is 0 Å². The van der Waals surface area contributed by atoms with Crippen LogP contribution in [0.5, 0.6) is 0 Å². The topological polar surface area (TPSA) is 74.1 Å². The predicted molar refractivity (Wildman–Crippen MR) is 77.6 cm³/mol. The third kappa shape index (κ3) is 3.31. The second-order valence-electron chi connectivity index (χ2n) is 5.28. The van der Waals surface area contributed by atoms with E-state index in [9.17, 15) is 0 Å². The number of ether oxygens (including phenoxy) is 2. The molecule has 1 saturated heterocycles. The number of nitrogens with one attached hydrogen (secondary N) is 1. The van der Waals surface area contributed by atoms with E-state index in [2.05, 4.69) is 20.8 Å². The van der Waals surface area contributed by atoms with Crippen molar-refractivity contribution in [2.24, 2.45) is 0 Å². The van der Waals surface area contributed by atoms with Gasteiger partial charge in [-0.15, -0.1) is 5.10 Å². The molecule has 1 aliphatic rings. The molecule has 1 fully saturated rings. The number of aromatic nitrogens is 4. The molecule has 21 heavy (non-hydrogen) atoms. The normalized spacial score (nSPS) is 18.6. The van der Waals surface area contributed by atoms with E-state index >= 15 is 0 Å². The quantitative estimate of drug-likeness (QED) is 0.933. The van der Waals surface area contributed by atoms with Gasteiger partial charge in [-0.3, -0.25) is 0 Å². The summed E-state index contributed by atoms with van der Waals surface area (Å²) in [5.41, 5.74) is 1.62. The van der Waals surface area contributed by atoms with Crippen LogP contribution in [0.4, 0.5) is 5.69 Å². The summed E-state index contributed by atoms with van der Waals surface area (Å²) in [6.07, 6.45) is 1.53. The van der Waals surface area contributed by atoms with Gasteiger partial charge in [-0.1, -0.05) is 11.6 Å². The first kappa shape index (κ1) is 14.2. The second kappa shape index (κ2) is 5.59. The highest BCUT2D eigenvalue weighted by Crippen LogP contribution is 2.27. The first-order valence-corrected chi connectivity index (χ1v) is 6.99. The Morgan fingerprint density at radius 2 is 2.10 bits per heavy atom. The van der Waals surface area contributed by atoms with Gasteiger partial charge in [0.25, 0.3) is 0 Å². The molecular weight excluding hydrogens is 294 g/mol. The van der Waals surface area contributed by atoms with Crippen molar-refractivity contribution in [1.29, 1.82) is 0 Å². The molecule has 1 aromatic carbocycles. The lowest BCUT2D eigenvalue weighted by atomic mass is 10.2. The highest BCUT2D eigenvalue weighted by atomic mass is 35.5. The lowest BCUT2D eigenvalue weighted by Crippen LogP contribution is -2.45. The minimum absolute atomic E-state index is 0.0413. The van der Waals surface area contributed by atoms with Gasteiger partial charge in [0.1, 0.15) is 6.33 Å². The average Bonchev–Trinajstić information content (AvgIpc) is 2.97. The highest BCUT2D eigenvalue weighted by molar-refractivity contribution is 6.33. The van der Waals surface area contributed by atoms with E-state index < -0.39 is 5.79 Å². The maximum Gasteiger partial charge on any atom is 0.162 e. The fourth-order valence-corrected chi connectivity index (χ4v) is 2.21. The molecule has 0 saturated carbocycles. The largest absolute Gasteiger partial charge is 0.376 e. The molecule has 1 aromatic heterocycles. The number of hydrogen-bond donors (Lipinski definition) is 1. The number of anilines is 1. The lowest BCUT2D eigenvalue weighted by Gasteiger charge is -2.35. The summed E-state index contributed by atoms with van der Waals surface area (Å²) in [5.74, 6) is -0.532. The number of halogens is 1. The number of rotatable bonds is 3. The van der Waals surface area contributed by atoms with Crippen molar-refractivity contribution in [3.05, 3.63) is 29.5 Å². The van der Waals surface area contributed by atoms with Crippen molar-refractivity contribution in [3.8, 4) is 5.69 Å². The van der Waals surface area contributed by atoms with E-state index in [0.29, 0.717) is 18.2 Å². The lowest BCUT2D eigenvalue weighted by molar-refractivity contribution is -0.247. The van der Waals surface area contributed by atoms with Gasteiger partial charge in [0.05, 0.1) is 35.7 Å². The van der Waals surface area contributed by atoms with Crippen molar-refractivity contribution in [1.82, 2.24) is 20.2 Å². The molecule has 0 amide bonds. The minimum Gasteiger partial charge on any atom is -0.376 e. The zero-order valence-electron chi connectivity index (χ0n) is 11.8. The van der Waals surface area contributed by atoms with Crippen LogP contribution in [-0.4, -0.2) is 45.2 Å². The van der Waals surface area contributed by atoms with Crippen LogP contribution >= 0.6 is 11.6 Å². The van der Waals surface area contributed by atoms with Crippen LogP contribution in [-0.2, 0) is 9.47 Å². The molecule has 112 valence electrons. The summed E-state index contributed by atoms with van der Waals surface area (Å²) in [4.78, 5) is 0. The average molecular weight is 310 g/mol. The van der Waals surface area contributed by atoms with Crippen molar-refractivity contribution >= 4 is 17.3 Å². The van der Waals surface area contributed by atoms with Gasteiger partial charge >= 0.3 is 0 Å². The van der Waals surface area contributed by atoms with Gasteiger partial charge in [-0.2, -0.15) is 0 Å². The Balaban J connectivity index is 1.75. The number of hydrogen-bond acceptors (Lipinski definition) is 6. The van der Waals surface area contributed by atoms with E-state index in [4.69, 9.17) is 21.1 Å². The van der Waals surface area contributed by atoms with E-state index in [1.165, 1.54) is 6.33 Å². The zero-order valence-corrected chi connectivity index (χ0v) is 12.5. The maximum absolute atomic E-state index is 6.23. The third-order valence-electron chi connectivity index (χ3n) is 3.19. The summed E-state index contributed by atoms with van der Waals surface area (Å²) in [7, 11) is 0. The van der Waals surface area contributed by atoms with E-state index in [1.54, 1.807) is 10.7 Å². The zero-order chi connectivity index (χ0) is 14.9. The molecule has 0 bridgehead atoms. The highest BCUT2D eigenvalue weighted by Gasteiger charge is 2.28. The Morgan fingerprint density at radius 1 is 1.33 bits per heavy atom. The Labute approximate surface area is 127 Å². The van der Waals surface area contributed by atoms with Crippen LogP contribution in [0.3, 0.4) is 0 Å². The summed E-state index contributed by atoms with van der Waals surface area (Å²) in [5, 5.41) is 15.0. The van der Waals surface area contributed by atoms with Crippen LogP contribution in [0, 0.1) is 0 Å².